The van der Waals surface area contributed by atoms with Crippen molar-refractivity contribution in [3.8, 4) is 5.75 Å². The zero-order valence-electron chi connectivity index (χ0n) is 16.4. The molecule has 2 aromatic carbocycles. The first-order valence-corrected chi connectivity index (χ1v) is 10.1. The molecule has 0 spiro atoms. The smallest absolute Gasteiger partial charge is 0.321 e. The van der Waals surface area contributed by atoms with Gasteiger partial charge in [-0.15, -0.1) is 0 Å². The van der Waals surface area contributed by atoms with Crippen molar-refractivity contribution in [2.75, 3.05) is 25.0 Å². The maximum absolute atomic E-state index is 12.6. The van der Waals surface area contributed by atoms with Gasteiger partial charge in [0.05, 0.1) is 13.2 Å². The largest absolute Gasteiger partial charge is 0.493 e. The van der Waals surface area contributed by atoms with Crippen LogP contribution in [0, 0.1) is 5.92 Å². The lowest BCUT2D eigenvalue weighted by Crippen LogP contribution is -2.42. The van der Waals surface area contributed by atoms with Crippen LogP contribution < -0.4 is 10.1 Å². The summed E-state index contributed by atoms with van der Waals surface area (Å²) in [6.45, 7) is 2.89. The first-order chi connectivity index (χ1) is 14.3. The molecular weight excluding hydrogens is 364 g/mol. The molecule has 3 aromatic rings. The van der Waals surface area contributed by atoms with Gasteiger partial charge in [-0.05, 0) is 54.7 Å². The summed E-state index contributed by atoms with van der Waals surface area (Å²) in [7, 11) is 0. The molecule has 1 saturated heterocycles. The number of anilines is 1. The summed E-state index contributed by atoms with van der Waals surface area (Å²) < 4.78 is 7.73. The number of benzene rings is 2. The Morgan fingerprint density at radius 2 is 1.90 bits per heavy atom. The fourth-order valence-electron chi connectivity index (χ4n) is 3.56. The number of aromatic nitrogens is 2. The van der Waals surface area contributed by atoms with Gasteiger partial charge in [-0.25, -0.2) is 4.79 Å². The molecule has 0 radical (unpaired) electrons. The minimum absolute atomic E-state index is 0.0383. The predicted molar refractivity (Wildman–Crippen MR) is 113 cm³/mol. The molecule has 1 aromatic heterocycles. The molecule has 1 fully saturated rings. The lowest BCUT2D eigenvalue weighted by molar-refractivity contribution is 0.152. The lowest BCUT2D eigenvalue weighted by Gasteiger charge is -2.32. The molecule has 29 heavy (non-hydrogen) atoms. The minimum atomic E-state index is -0.0383. The molecule has 0 aliphatic carbocycles. The average molecular weight is 390 g/mol. The molecule has 0 bridgehead atoms. The molecule has 2 heterocycles. The second kappa shape index (κ2) is 9.28. The van der Waals surface area contributed by atoms with Gasteiger partial charge in [0.1, 0.15) is 5.75 Å². The zero-order chi connectivity index (χ0) is 19.9. The average Bonchev–Trinajstić information content (AvgIpc) is 3.27. The van der Waals surface area contributed by atoms with Gasteiger partial charge in [0.25, 0.3) is 0 Å². The van der Waals surface area contributed by atoms with Crippen LogP contribution in [-0.2, 0) is 6.54 Å². The molecule has 6 heteroatoms. The third-order valence-corrected chi connectivity index (χ3v) is 5.21. The van der Waals surface area contributed by atoms with Crippen molar-refractivity contribution in [3.05, 3.63) is 78.6 Å². The highest BCUT2D eigenvalue weighted by Gasteiger charge is 2.23. The Bertz CT molecular complexity index is 904. The Hall–Kier alpha value is -3.28. The quantitative estimate of drug-likeness (QED) is 0.684. The van der Waals surface area contributed by atoms with Crippen LogP contribution in [0.4, 0.5) is 10.5 Å². The Morgan fingerprint density at radius 3 is 2.66 bits per heavy atom. The minimum Gasteiger partial charge on any atom is -0.493 e. The summed E-state index contributed by atoms with van der Waals surface area (Å²) in [5, 5.41) is 7.26. The third-order valence-electron chi connectivity index (χ3n) is 5.21. The fourth-order valence-corrected chi connectivity index (χ4v) is 3.56. The first-order valence-electron chi connectivity index (χ1n) is 10.1. The molecule has 1 aliphatic heterocycles. The summed E-state index contributed by atoms with van der Waals surface area (Å²) in [6.07, 6.45) is 5.61. The first kappa shape index (κ1) is 19.1. The van der Waals surface area contributed by atoms with Gasteiger partial charge in [0, 0.05) is 31.2 Å². The summed E-state index contributed by atoms with van der Waals surface area (Å²) in [4.78, 5) is 14.5. The molecule has 0 saturated carbocycles. The molecule has 0 atom stereocenters. The molecule has 1 N–H and O–H groups in total. The van der Waals surface area contributed by atoms with Gasteiger partial charge < -0.3 is 15.0 Å². The second-order valence-electron chi connectivity index (χ2n) is 7.39. The monoisotopic (exact) mass is 390 g/mol. The van der Waals surface area contributed by atoms with Gasteiger partial charge in [-0.1, -0.05) is 30.3 Å². The molecule has 0 unspecified atom stereocenters. The number of piperidine rings is 1. The standard InChI is InChI=1S/C23H26N4O2/c28-23(25-21-7-4-6-20(16-21)17-27-13-5-12-24-27)26-14-10-19(11-15-26)18-29-22-8-2-1-3-9-22/h1-9,12-13,16,19H,10-11,14-15,17-18H2,(H,25,28). The molecule has 2 amide bonds. The highest BCUT2D eigenvalue weighted by Crippen LogP contribution is 2.20. The molecule has 150 valence electrons. The Balaban J connectivity index is 1.24. The van der Waals surface area contributed by atoms with Crippen molar-refractivity contribution in [1.29, 1.82) is 0 Å². The van der Waals surface area contributed by atoms with Crippen LogP contribution in [0.25, 0.3) is 0 Å². The van der Waals surface area contributed by atoms with E-state index in [9.17, 15) is 4.79 Å². The van der Waals surface area contributed by atoms with Gasteiger partial charge in [0.15, 0.2) is 0 Å². The Kier molecular flexibility index (Phi) is 6.10. The van der Waals surface area contributed by atoms with Gasteiger partial charge in [-0.2, -0.15) is 5.10 Å². The summed E-state index contributed by atoms with van der Waals surface area (Å²) in [5.41, 5.74) is 1.91. The van der Waals surface area contributed by atoms with Crippen molar-refractivity contribution in [3.63, 3.8) is 0 Å². The second-order valence-corrected chi connectivity index (χ2v) is 7.39. The fraction of sp³-hybridized carbons (Fsp3) is 0.304. The van der Waals surface area contributed by atoms with Crippen LogP contribution in [0.5, 0.6) is 5.75 Å². The molecule has 1 aliphatic rings. The number of hydrogen-bond acceptors (Lipinski definition) is 3. The van der Waals surface area contributed by atoms with E-state index in [-0.39, 0.29) is 6.03 Å². The van der Waals surface area contributed by atoms with E-state index in [4.69, 9.17) is 4.74 Å². The van der Waals surface area contributed by atoms with E-state index in [1.165, 1.54) is 0 Å². The normalized spacial score (nSPS) is 14.6. The van der Waals surface area contributed by atoms with Gasteiger partial charge >= 0.3 is 6.03 Å². The zero-order valence-corrected chi connectivity index (χ0v) is 16.4. The lowest BCUT2D eigenvalue weighted by atomic mass is 9.98. The van der Waals surface area contributed by atoms with Crippen LogP contribution in [0.15, 0.2) is 73.1 Å². The van der Waals surface area contributed by atoms with Gasteiger partial charge in [-0.3, -0.25) is 4.68 Å². The van der Waals surface area contributed by atoms with E-state index >= 15 is 0 Å². The van der Waals surface area contributed by atoms with E-state index in [2.05, 4.69) is 10.4 Å². The third kappa shape index (κ3) is 5.38. The highest BCUT2D eigenvalue weighted by atomic mass is 16.5. The van der Waals surface area contributed by atoms with Crippen molar-refractivity contribution in [2.45, 2.75) is 19.4 Å². The van der Waals surface area contributed by atoms with E-state index < -0.39 is 0 Å². The number of likely N-dealkylation sites (tertiary alicyclic amines) is 1. The number of carbonyl (C=O) groups is 1. The SMILES string of the molecule is O=C(Nc1cccc(Cn2cccn2)c1)N1CCC(COc2ccccc2)CC1. The maximum Gasteiger partial charge on any atom is 0.321 e. The number of rotatable bonds is 6. The molecular formula is C23H26N4O2. The number of nitrogens with zero attached hydrogens (tertiary/aromatic N) is 3. The van der Waals surface area contributed by atoms with Crippen molar-refractivity contribution >= 4 is 11.7 Å². The number of carbonyl (C=O) groups excluding carboxylic acids is 1. The summed E-state index contributed by atoms with van der Waals surface area (Å²) in [6, 6.07) is 19.7. The topological polar surface area (TPSA) is 59.4 Å². The summed E-state index contributed by atoms with van der Waals surface area (Å²) >= 11 is 0. The number of hydrogen-bond donors (Lipinski definition) is 1. The van der Waals surface area contributed by atoms with E-state index in [1.807, 2.05) is 76.4 Å². The van der Waals surface area contributed by atoms with Crippen molar-refractivity contribution in [1.82, 2.24) is 14.7 Å². The molecule has 4 rings (SSSR count). The predicted octanol–water partition coefficient (Wildman–Crippen LogP) is 4.25. The van der Waals surface area contributed by atoms with Crippen LogP contribution in [0.3, 0.4) is 0 Å². The highest BCUT2D eigenvalue weighted by molar-refractivity contribution is 5.89. The number of urea groups is 1. The van der Waals surface area contributed by atoms with Crippen LogP contribution in [-0.4, -0.2) is 40.4 Å². The van der Waals surface area contributed by atoms with Crippen LogP contribution >= 0.6 is 0 Å². The number of nitrogens with one attached hydrogen (secondary N) is 1. The van der Waals surface area contributed by atoms with Crippen molar-refractivity contribution in [2.24, 2.45) is 5.92 Å². The Morgan fingerprint density at radius 1 is 1.07 bits per heavy atom. The van der Waals surface area contributed by atoms with E-state index in [1.54, 1.807) is 6.20 Å². The van der Waals surface area contributed by atoms with E-state index in [0.717, 1.165) is 42.9 Å². The summed E-state index contributed by atoms with van der Waals surface area (Å²) in [5.74, 6) is 1.39. The van der Waals surface area contributed by atoms with Crippen molar-refractivity contribution < 1.29 is 9.53 Å². The Labute approximate surface area is 171 Å². The van der Waals surface area contributed by atoms with E-state index in [0.29, 0.717) is 19.1 Å². The van der Waals surface area contributed by atoms with Crippen LogP contribution in [0.1, 0.15) is 18.4 Å². The van der Waals surface area contributed by atoms with Crippen LogP contribution in [0.2, 0.25) is 0 Å². The number of ether oxygens (including phenoxy) is 1. The van der Waals surface area contributed by atoms with Gasteiger partial charge in [0.2, 0.25) is 0 Å². The maximum atomic E-state index is 12.6. The molecule has 6 nitrogen and oxygen atoms in total. The number of amides is 2. The number of para-hydroxylation sites is 1.